The minimum atomic E-state index is -0.527. The Morgan fingerprint density at radius 2 is 2.25 bits per heavy atom. The molecule has 1 aliphatic carbocycles. The van der Waals surface area contributed by atoms with E-state index in [0.29, 0.717) is 6.42 Å². The van der Waals surface area contributed by atoms with Gasteiger partial charge in [-0.15, -0.1) is 0 Å². The van der Waals surface area contributed by atoms with E-state index in [-0.39, 0.29) is 5.91 Å². The summed E-state index contributed by atoms with van der Waals surface area (Å²) in [7, 11) is 0. The topological polar surface area (TPSA) is 72.2 Å². The highest BCUT2D eigenvalue weighted by molar-refractivity contribution is 5.96. The maximum atomic E-state index is 11.8. The van der Waals surface area contributed by atoms with E-state index < -0.39 is 11.9 Å². The molecule has 90 valence electrons. The Bertz CT molecular complexity index is 297. The average molecular weight is 224 g/mol. The molecule has 0 saturated carbocycles. The molecule has 16 heavy (non-hydrogen) atoms. The summed E-state index contributed by atoms with van der Waals surface area (Å²) in [6.45, 7) is 1.96. The van der Waals surface area contributed by atoms with Gasteiger partial charge in [0.25, 0.3) is 0 Å². The third-order valence-electron chi connectivity index (χ3n) is 2.81. The number of hydrogen-bond acceptors (Lipinski definition) is 2. The van der Waals surface area contributed by atoms with E-state index in [1.165, 1.54) is 0 Å². The second-order valence-corrected chi connectivity index (χ2v) is 4.19. The first-order valence-corrected chi connectivity index (χ1v) is 5.94. The van der Waals surface area contributed by atoms with Gasteiger partial charge >= 0.3 is 0 Å². The van der Waals surface area contributed by atoms with Gasteiger partial charge in [0.1, 0.15) is 6.04 Å². The van der Waals surface area contributed by atoms with Gasteiger partial charge in [0.15, 0.2) is 0 Å². The number of carbonyl (C=O) groups is 2. The van der Waals surface area contributed by atoms with Crippen LogP contribution in [0.5, 0.6) is 0 Å². The Kier molecular flexibility index (Phi) is 5.02. The normalized spacial score (nSPS) is 17.4. The number of nitrogens with one attached hydrogen (secondary N) is 1. The van der Waals surface area contributed by atoms with Crippen LogP contribution in [0, 0.1) is 0 Å². The van der Waals surface area contributed by atoms with Crippen LogP contribution in [0.3, 0.4) is 0 Å². The molecule has 4 heteroatoms. The maximum Gasteiger partial charge on any atom is 0.247 e. The van der Waals surface area contributed by atoms with E-state index in [0.717, 1.165) is 37.7 Å². The molecule has 0 saturated heterocycles. The second-order valence-electron chi connectivity index (χ2n) is 4.19. The van der Waals surface area contributed by atoms with E-state index in [1.807, 2.05) is 13.0 Å². The molecule has 0 aromatic heterocycles. The van der Waals surface area contributed by atoms with Crippen LogP contribution in [0.15, 0.2) is 11.6 Å². The lowest BCUT2D eigenvalue weighted by Gasteiger charge is -2.17. The van der Waals surface area contributed by atoms with E-state index in [2.05, 4.69) is 5.32 Å². The number of carbonyl (C=O) groups excluding carboxylic acids is 2. The number of amides is 2. The summed E-state index contributed by atoms with van der Waals surface area (Å²) >= 11 is 0. The molecule has 3 N–H and O–H groups in total. The van der Waals surface area contributed by atoms with Crippen LogP contribution < -0.4 is 11.1 Å². The Balaban J connectivity index is 2.53. The summed E-state index contributed by atoms with van der Waals surface area (Å²) in [4.78, 5) is 22.9. The SMILES string of the molecule is CCCC(NC(=O)C1=CCCCC1)C(N)=O. The lowest BCUT2D eigenvalue weighted by Crippen LogP contribution is -2.44. The quantitative estimate of drug-likeness (QED) is 0.737. The lowest BCUT2D eigenvalue weighted by atomic mass is 9.98. The average Bonchev–Trinajstić information content (AvgIpc) is 2.29. The maximum absolute atomic E-state index is 11.8. The molecule has 0 radical (unpaired) electrons. The van der Waals surface area contributed by atoms with E-state index in [4.69, 9.17) is 5.73 Å². The van der Waals surface area contributed by atoms with Gasteiger partial charge in [0.2, 0.25) is 11.8 Å². The Morgan fingerprint density at radius 3 is 2.75 bits per heavy atom. The van der Waals surface area contributed by atoms with Crippen LogP contribution in [0.1, 0.15) is 45.4 Å². The van der Waals surface area contributed by atoms with Gasteiger partial charge in [-0.1, -0.05) is 19.4 Å². The van der Waals surface area contributed by atoms with E-state index in [1.54, 1.807) is 0 Å². The van der Waals surface area contributed by atoms with Crippen molar-refractivity contribution in [3.8, 4) is 0 Å². The van der Waals surface area contributed by atoms with Gasteiger partial charge in [-0.2, -0.15) is 0 Å². The van der Waals surface area contributed by atoms with Crippen molar-refractivity contribution in [1.82, 2.24) is 5.32 Å². The highest BCUT2D eigenvalue weighted by Gasteiger charge is 2.19. The van der Waals surface area contributed by atoms with Gasteiger partial charge in [-0.05, 0) is 32.1 Å². The molecule has 0 fully saturated rings. The van der Waals surface area contributed by atoms with Gasteiger partial charge in [0.05, 0.1) is 0 Å². The third kappa shape index (κ3) is 3.68. The lowest BCUT2D eigenvalue weighted by molar-refractivity contribution is -0.125. The van der Waals surface area contributed by atoms with Crippen LogP contribution in [0.2, 0.25) is 0 Å². The fraction of sp³-hybridized carbons (Fsp3) is 0.667. The van der Waals surface area contributed by atoms with Crippen molar-refractivity contribution in [2.45, 2.75) is 51.5 Å². The molecule has 2 amide bonds. The van der Waals surface area contributed by atoms with Gasteiger partial charge < -0.3 is 11.1 Å². The molecule has 0 aromatic rings. The van der Waals surface area contributed by atoms with Crippen LogP contribution in [-0.4, -0.2) is 17.9 Å². The Labute approximate surface area is 96.3 Å². The van der Waals surface area contributed by atoms with Crippen molar-refractivity contribution in [1.29, 1.82) is 0 Å². The van der Waals surface area contributed by atoms with E-state index in [9.17, 15) is 9.59 Å². The zero-order valence-electron chi connectivity index (χ0n) is 9.79. The number of primary amides is 1. The van der Waals surface area contributed by atoms with Crippen molar-refractivity contribution in [2.24, 2.45) is 5.73 Å². The van der Waals surface area contributed by atoms with Gasteiger partial charge in [0, 0.05) is 5.57 Å². The molecule has 4 nitrogen and oxygen atoms in total. The number of allylic oxidation sites excluding steroid dienone is 1. The van der Waals surface area contributed by atoms with Crippen LogP contribution in [0.4, 0.5) is 0 Å². The molecule has 1 unspecified atom stereocenters. The summed E-state index contributed by atoms with van der Waals surface area (Å²) in [5.74, 6) is -0.580. The Morgan fingerprint density at radius 1 is 1.50 bits per heavy atom. The minimum Gasteiger partial charge on any atom is -0.368 e. The largest absolute Gasteiger partial charge is 0.368 e. The molecule has 0 aromatic carbocycles. The molecule has 1 atom stereocenters. The van der Waals surface area contributed by atoms with Crippen molar-refractivity contribution in [2.75, 3.05) is 0 Å². The number of rotatable bonds is 5. The number of nitrogens with two attached hydrogens (primary N) is 1. The number of hydrogen-bond donors (Lipinski definition) is 2. The van der Waals surface area contributed by atoms with Crippen molar-refractivity contribution in [3.05, 3.63) is 11.6 Å². The predicted octanol–water partition coefficient (Wildman–Crippen LogP) is 1.26. The van der Waals surface area contributed by atoms with Crippen LogP contribution in [-0.2, 0) is 9.59 Å². The summed E-state index contributed by atoms with van der Waals surface area (Å²) in [5.41, 5.74) is 6.03. The third-order valence-corrected chi connectivity index (χ3v) is 2.81. The first-order chi connectivity index (χ1) is 7.65. The van der Waals surface area contributed by atoms with Crippen molar-refractivity contribution in [3.63, 3.8) is 0 Å². The summed E-state index contributed by atoms with van der Waals surface area (Å²) in [6.07, 6.45) is 7.35. The molecule has 0 spiro atoms. The first kappa shape index (κ1) is 12.7. The fourth-order valence-corrected chi connectivity index (χ4v) is 1.87. The van der Waals surface area contributed by atoms with Crippen LogP contribution in [0.25, 0.3) is 0 Å². The predicted molar refractivity (Wildman–Crippen MR) is 62.6 cm³/mol. The zero-order valence-corrected chi connectivity index (χ0v) is 9.79. The minimum absolute atomic E-state index is 0.128. The standard InChI is InChI=1S/C12H20N2O2/c1-2-6-10(11(13)15)14-12(16)9-7-4-3-5-8-9/h7,10H,2-6,8H2,1H3,(H2,13,15)(H,14,16). The summed E-state index contributed by atoms with van der Waals surface area (Å²) in [5, 5.41) is 2.71. The molecule has 0 heterocycles. The Hall–Kier alpha value is -1.32. The highest BCUT2D eigenvalue weighted by atomic mass is 16.2. The summed E-state index contributed by atoms with van der Waals surface area (Å²) in [6, 6.07) is -0.527. The van der Waals surface area contributed by atoms with Crippen molar-refractivity contribution < 1.29 is 9.59 Å². The fourth-order valence-electron chi connectivity index (χ4n) is 1.87. The second kappa shape index (κ2) is 6.30. The molecule has 0 bridgehead atoms. The summed E-state index contributed by atoms with van der Waals surface area (Å²) < 4.78 is 0. The smallest absolute Gasteiger partial charge is 0.247 e. The van der Waals surface area contributed by atoms with E-state index >= 15 is 0 Å². The first-order valence-electron chi connectivity index (χ1n) is 5.94. The molecule has 1 aliphatic rings. The monoisotopic (exact) mass is 224 g/mol. The molecule has 0 aliphatic heterocycles. The van der Waals surface area contributed by atoms with Crippen LogP contribution >= 0.6 is 0 Å². The van der Waals surface area contributed by atoms with Crippen molar-refractivity contribution >= 4 is 11.8 Å². The zero-order chi connectivity index (χ0) is 12.0. The molecule has 1 rings (SSSR count). The van der Waals surface area contributed by atoms with Gasteiger partial charge in [-0.3, -0.25) is 9.59 Å². The highest BCUT2D eigenvalue weighted by Crippen LogP contribution is 2.17. The molecular formula is C12H20N2O2. The van der Waals surface area contributed by atoms with Gasteiger partial charge in [-0.25, -0.2) is 0 Å². The molecular weight excluding hydrogens is 204 g/mol.